The van der Waals surface area contributed by atoms with E-state index in [2.05, 4.69) is 4.72 Å². The van der Waals surface area contributed by atoms with Gasteiger partial charge in [-0.1, -0.05) is 29.8 Å². The van der Waals surface area contributed by atoms with Gasteiger partial charge in [-0.3, -0.25) is 0 Å². The zero-order valence-electron chi connectivity index (χ0n) is 9.49. The zero-order valence-corrected chi connectivity index (χ0v) is 11.8. The summed E-state index contributed by atoms with van der Waals surface area (Å²) in [5.41, 5.74) is 0.767. The van der Waals surface area contributed by atoms with Gasteiger partial charge in [-0.25, -0.2) is 13.1 Å². The highest BCUT2D eigenvalue weighted by Gasteiger charge is 2.16. The number of rotatable bonds is 6. The topological polar surface area (TPSA) is 46.2 Å². The first-order valence-corrected chi connectivity index (χ1v) is 7.83. The fourth-order valence-electron chi connectivity index (χ4n) is 1.46. The van der Waals surface area contributed by atoms with E-state index < -0.39 is 10.0 Å². The Balaban J connectivity index is 2.73. The van der Waals surface area contributed by atoms with Gasteiger partial charge in [-0.05, 0) is 25.0 Å². The van der Waals surface area contributed by atoms with Crippen molar-refractivity contribution in [2.24, 2.45) is 0 Å². The molecular weight excluding hydrogens is 281 g/mol. The Hall–Kier alpha value is -0.290. The van der Waals surface area contributed by atoms with E-state index in [0.29, 0.717) is 17.3 Å². The number of hydrogen-bond donors (Lipinski definition) is 1. The van der Waals surface area contributed by atoms with Crippen molar-refractivity contribution in [3.63, 3.8) is 0 Å². The molecule has 0 heterocycles. The van der Waals surface area contributed by atoms with Crippen LogP contribution in [-0.2, 0) is 10.0 Å². The van der Waals surface area contributed by atoms with Gasteiger partial charge >= 0.3 is 0 Å². The van der Waals surface area contributed by atoms with Gasteiger partial charge in [0.2, 0.25) is 10.0 Å². The number of hydrogen-bond acceptors (Lipinski definition) is 2. The maximum atomic E-state index is 11.7. The van der Waals surface area contributed by atoms with Gasteiger partial charge in [-0.15, -0.1) is 11.6 Å². The van der Waals surface area contributed by atoms with Gasteiger partial charge in [0.25, 0.3) is 0 Å². The number of nitrogens with one attached hydrogen (secondary N) is 1. The molecule has 0 unspecified atom stereocenters. The van der Waals surface area contributed by atoms with E-state index in [0.717, 1.165) is 5.56 Å². The Morgan fingerprint density at radius 1 is 1.35 bits per heavy atom. The van der Waals surface area contributed by atoms with E-state index >= 15 is 0 Å². The molecule has 0 amide bonds. The number of halogens is 2. The lowest BCUT2D eigenvalue weighted by Crippen LogP contribution is -2.29. The average molecular weight is 296 g/mol. The molecular formula is C11H15Cl2NO2S. The van der Waals surface area contributed by atoms with Crippen LogP contribution in [0.5, 0.6) is 0 Å². The molecule has 0 radical (unpaired) electrons. The highest BCUT2D eigenvalue weighted by atomic mass is 35.5. The molecule has 0 saturated heterocycles. The summed E-state index contributed by atoms with van der Waals surface area (Å²) < 4.78 is 25.9. The van der Waals surface area contributed by atoms with Crippen molar-refractivity contribution in [1.82, 2.24) is 4.72 Å². The van der Waals surface area contributed by atoms with Crippen LogP contribution < -0.4 is 4.72 Å². The minimum atomic E-state index is -3.30. The Morgan fingerprint density at radius 3 is 2.59 bits per heavy atom. The van der Waals surface area contributed by atoms with Gasteiger partial charge in [0.15, 0.2) is 0 Å². The van der Waals surface area contributed by atoms with Crippen LogP contribution in [0.2, 0.25) is 5.02 Å². The zero-order chi connectivity index (χ0) is 12.9. The lowest BCUT2D eigenvalue weighted by atomic mass is 10.1. The smallest absolute Gasteiger partial charge is 0.212 e. The number of alkyl halides is 1. The lowest BCUT2D eigenvalue weighted by Gasteiger charge is -2.15. The van der Waals surface area contributed by atoms with Crippen molar-refractivity contribution < 1.29 is 8.42 Å². The first-order chi connectivity index (χ1) is 7.96. The summed E-state index contributed by atoms with van der Waals surface area (Å²) in [4.78, 5) is 0. The third-order valence-corrected chi connectivity index (χ3v) is 4.43. The van der Waals surface area contributed by atoms with Crippen LogP contribution in [0.15, 0.2) is 24.3 Å². The second-order valence-electron chi connectivity index (χ2n) is 3.72. The molecule has 0 fully saturated rings. The summed E-state index contributed by atoms with van der Waals surface area (Å²) >= 11 is 11.5. The van der Waals surface area contributed by atoms with Crippen molar-refractivity contribution in [1.29, 1.82) is 0 Å². The molecule has 0 aliphatic rings. The first-order valence-electron chi connectivity index (χ1n) is 5.26. The van der Waals surface area contributed by atoms with Crippen molar-refractivity contribution in [2.45, 2.75) is 19.4 Å². The average Bonchev–Trinajstić information content (AvgIpc) is 2.26. The van der Waals surface area contributed by atoms with Crippen molar-refractivity contribution >= 4 is 33.2 Å². The van der Waals surface area contributed by atoms with Crippen LogP contribution in [0, 0.1) is 0 Å². The minimum Gasteiger partial charge on any atom is -0.212 e. The van der Waals surface area contributed by atoms with E-state index in [1.165, 1.54) is 0 Å². The normalized spacial score (nSPS) is 13.6. The Morgan fingerprint density at radius 2 is 2.00 bits per heavy atom. The highest BCUT2D eigenvalue weighted by Crippen LogP contribution is 2.22. The molecule has 1 N–H and O–H groups in total. The molecule has 6 heteroatoms. The van der Waals surface area contributed by atoms with Gasteiger partial charge in [0, 0.05) is 16.9 Å². The van der Waals surface area contributed by atoms with Crippen LogP contribution in [-0.4, -0.2) is 20.1 Å². The highest BCUT2D eigenvalue weighted by molar-refractivity contribution is 7.89. The fourth-order valence-corrected chi connectivity index (χ4v) is 3.36. The van der Waals surface area contributed by atoms with Crippen LogP contribution in [0.25, 0.3) is 0 Å². The standard InChI is InChI=1S/C11H15Cl2NO2S/c1-9(10-5-2-3-6-11(10)13)14-17(15,16)8-4-7-12/h2-3,5-6,9,14H,4,7-8H2,1H3/t9-/m0/s1. The van der Waals surface area contributed by atoms with E-state index in [1.54, 1.807) is 25.1 Å². The predicted octanol–water partition coefficient (Wildman–Crippen LogP) is 2.95. The Labute approximate surface area is 112 Å². The van der Waals surface area contributed by atoms with Crippen LogP contribution in [0.1, 0.15) is 24.9 Å². The maximum Gasteiger partial charge on any atom is 0.212 e. The van der Waals surface area contributed by atoms with E-state index in [4.69, 9.17) is 23.2 Å². The number of sulfonamides is 1. The van der Waals surface area contributed by atoms with Crippen LogP contribution in [0.4, 0.5) is 0 Å². The van der Waals surface area contributed by atoms with Crippen molar-refractivity contribution in [3.05, 3.63) is 34.9 Å². The molecule has 0 spiro atoms. The number of benzene rings is 1. The second-order valence-corrected chi connectivity index (χ2v) is 6.38. The van der Waals surface area contributed by atoms with Crippen molar-refractivity contribution in [2.75, 3.05) is 11.6 Å². The quantitative estimate of drug-likeness (QED) is 0.820. The Bertz CT molecular complexity index is 462. The van der Waals surface area contributed by atoms with Crippen molar-refractivity contribution in [3.8, 4) is 0 Å². The van der Waals surface area contributed by atoms with E-state index in [-0.39, 0.29) is 11.8 Å². The lowest BCUT2D eigenvalue weighted by molar-refractivity contribution is 0.566. The van der Waals surface area contributed by atoms with Gasteiger partial charge in [-0.2, -0.15) is 0 Å². The third-order valence-electron chi connectivity index (χ3n) is 2.27. The summed E-state index contributed by atoms with van der Waals surface area (Å²) in [6, 6.07) is 6.83. The summed E-state index contributed by atoms with van der Waals surface area (Å²) in [6.07, 6.45) is 0.437. The summed E-state index contributed by atoms with van der Waals surface area (Å²) in [5.74, 6) is 0.368. The third kappa shape index (κ3) is 4.84. The molecule has 0 aliphatic carbocycles. The Kier molecular flexibility index (Phi) is 5.73. The summed E-state index contributed by atoms with van der Waals surface area (Å²) in [7, 11) is -3.30. The minimum absolute atomic E-state index is 0.0330. The molecule has 1 aromatic carbocycles. The largest absolute Gasteiger partial charge is 0.212 e. The molecule has 17 heavy (non-hydrogen) atoms. The predicted molar refractivity (Wildman–Crippen MR) is 72.1 cm³/mol. The van der Waals surface area contributed by atoms with E-state index in [1.807, 2.05) is 6.07 Å². The van der Waals surface area contributed by atoms with E-state index in [9.17, 15) is 8.42 Å². The molecule has 0 saturated carbocycles. The molecule has 0 bridgehead atoms. The first kappa shape index (κ1) is 14.8. The van der Waals surface area contributed by atoms with Crippen LogP contribution >= 0.6 is 23.2 Å². The fraction of sp³-hybridized carbons (Fsp3) is 0.455. The second kappa shape index (κ2) is 6.59. The summed E-state index contributed by atoms with van der Waals surface area (Å²) in [5, 5.41) is 0.556. The van der Waals surface area contributed by atoms with Gasteiger partial charge < -0.3 is 0 Å². The summed E-state index contributed by atoms with van der Waals surface area (Å²) in [6.45, 7) is 1.76. The molecule has 0 aromatic heterocycles. The molecule has 0 aliphatic heterocycles. The van der Waals surface area contributed by atoms with Crippen LogP contribution in [0.3, 0.4) is 0 Å². The van der Waals surface area contributed by atoms with Gasteiger partial charge in [0.1, 0.15) is 0 Å². The SMILES string of the molecule is C[C@H](NS(=O)(=O)CCCCl)c1ccccc1Cl. The molecule has 1 aromatic rings. The molecule has 1 rings (SSSR count). The molecule has 3 nitrogen and oxygen atoms in total. The molecule has 96 valence electrons. The maximum absolute atomic E-state index is 11.7. The monoisotopic (exact) mass is 295 g/mol. The van der Waals surface area contributed by atoms with Gasteiger partial charge in [0.05, 0.1) is 5.75 Å². The molecule has 1 atom stereocenters.